The number of carbonyl (C=O) groups is 1. The molecule has 0 aliphatic carbocycles. The third-order valence-corrected chi connectivity index (χ3v) is 4.00. The van der Waals surface area contributed by atoms with Gasteiger partial charge in [0.1, 0.15) is 23.8 Å². The molecule has 3 rings (SSSR count). The van der Waals surface area contributed by atoms with E-state index in [2.05, 4.69) is 0 Å². The van der Waals surface area contributed by atoms with Crippen LogP contribution in [0.2, 0.25) is 0 Å². The van der Waals surface area contributed by atoms with Crippen LogP contribution in [0.1, 0.15) is 16.7 Å². The lowest BCUT2D eigenvalue weighted by Gasteiger charge is -2.10. The number of hydrogen-bond acceptors (Lipinski definition) is 5. The molecule has 0 unspecified atom stereocenters. The highest BCUT2D eigenvalue weighted by Gasteiger charge is 2.11. The molecule has 3 aromatic rings. The molecule has 0 saturated carbocycles. The van der Waals surface area contributed by atoms with Gasteiger partial charge in [-0.15, -0.1) is 0 Å². The second-order valence-electron chi connectivity index (χ2n) is 5.93. The summed E-state index contributed by atoms with van der Waals surface area (Å²) >= 11 is 0. The molecule has 0 atom stereocenters. The van der Waals surface area contributed by atoms with Gasteiger partial charge in [0.15, 0.2) is 6.61 Å². The number of benzene rings is 2. The molecule has 0 saturated heterocycles. The van der Waals surface area contributed by atoms with Gasteiger partial charge in [-0.05, 0) is 61.4 Å². The predicted octanol–water partition coefficient (Wildman–Crippen LogP) is 3.67. The van der Waals surface area contributed by atoms with Crippen LogP contribution in [0.25, 0.3) is 11.0 Å². The van der Waals surface area contributed by atoms with Gasteiger partial charge in [-0.25, -0.2) is 14.0 Å². The Kier molecular flexibility index (Phi) is 5.02. The number of ether oxygens (including phenoxy) is 2. The summed E-state index contributed by atoms with van der Waals surface area (Å²) in [7, 11) is 0. The summed E-state index contributed by atoms with van der Waals surface area (Å²) in [6, 6.07) is 10.3. The van der Waals surface area contributed by atoms with Crippen molar-refractivity contribution in [1.82, 2.24) is 0 Å². The summed E-state index contributed by atoms with van der Waals surface area (Å²) in [5, 5.41) is 0.722. The Morgan fingerprint density at radius 2 is 1.77 bits per heavy atom. The van der Waals surface area contributed by atoms with Crippen molar-refractivity contribution in [3.8, 4) is 5.75 Å². The predicted molar refractivity (Wildman–Crippen MR) is 93.6 cm³/mol. The van der Waals surface area contributed by atoms with Crippen LogP contribution in [0.15, 0.2) is 51.7 Å². The van der Waals surface area contributed by atoms with E-state index in [-0.39, 0.29) is 19.0 Å². The third kappa shape index (κ3) is 4.08. The molecule has 0 aliphatic rings. The van der Waals surface area contributed by atoms with Crippen LogP contribution in [0.4, 0.5) is 4.39 Å². The summed E-state index contributed by atoms with van der Waals surface area (Å²) in [4.78, 5) is 23.6. The van der Waals surface area contributed by atoms with Crippen molar-refractivity contribution in [2.75, 3.05) is 6.61 Å². The van der Waals surface area contributed by atoms with Crippen molar-refractivity contribution in [3.63, 3.8) is 0 Å². The highest BCUT2D eigenvalue weighted by atomic mass is 19.1. The van der Waals surface area contributed by atoms with Crippen molar-refractivity contribution in [2.45, 2.75) is 20.5 Å². The number of rotatable bonds is 5. The van der Waals surface area contributed by atoms with Gasteiger partial charge >= 0.3 is 11.6 Å². The molecule has 5 nitrogen and oxygen atoms in total. The summed E-state index contributed by atoms with van der Waals surface area (Å²) < 4.78 is 28.5. The number of hydrogen-bond donors (Lipinski definition) is 0. The Hall–Kier alpha value is -3.15. The molecule has 0 fully saturated rings. The summed E-state index contributed by atoms with van der Waals surface area (Å²) in [5.41, 5.74) is 2.55. The van der Waals surface area contributed by atoms with Gasteiger partial charge in [-0.1, -0.05) is 0 Å². The van der Waals surface area contributed by atoms with Gasteiger partial charge in [0.2, 0.25) is 0 Å². The fourth-order valence-electron chi connectivity index (χ4n) is 2.48. The quantitative estimate of drug-likeness (QED) is 0.515. The second-order valence-corrected chi connectivity index (χ2v) is 5.93. The van der Waals surface area contributed by atoms with Crippen LogP contribution >= 0.6 is 0 Å². The Labute approximate surface area is 149 Å². The normalized spacial score (nSPS) is 10.7. The first-order valence-corrected chi connectivity index (χ1v) is 8.00. The SMILES string of the molecule is Cc1cc2oc(=O)cc(COC(=O)COc3ccc(F)cc3)c2cc1C. The number of aryl methyl sites for hydroxylation is 2. The molecule has 0 N–H and O–H groups in total. The molecule has 0 aliphatic heterocycles. The van der Waals surface area contributed by atoms with Crippen LogP contribution in [-0.2, 0) is 16.1 Å². The van der Waals surface area contributed by atoms with Crippen LogP contribution in [0.5, 0.6) is 5.75 Å². The third-order valence-electron chi connectivity index (χ3n) is 4.00. The fourth-order valence-corrected chi connectivity index (χ4v) is 2.48. The first kappa shape index (κ1) is 17.7. The van der Waals surface area contributed by atoms with Crippen LogP contribution in [0.3, 0.4) is 0 Å². The van der Waals surface area contributed by atoms with E-state index in [0.29, 0.717) is 16.9 Å². The Morgan fingerprint density at radius 1 is 1.08 bits per heavy atom. The van der Waals surface area contributed by atoms with Gasteiger partial charge in [0.25, 0.3) is 0 Å². The standard InChI is InChI=1S/C20H17FO5/c1-12-7-17-14(9-19(22)26-18(17)8-13(12)2)10-25-20(23)11-24-16-5-3-15(21)4-6-16/h3-9H,10-11H2,1-2H3. The zero-order valence-electron chi connectivity index (χ0n) is 14.4. The van der Waals surface area contributed by atoms with Crippen molar-refractivity contribution < 1.29 is 23.1 Å². The molecule has 134 valence electrons. The molecule has 0 radical (unpaired) electrons. The van der Waals surface area contributed by atoms with Gasteiger partial charge < -0.3 is 13.9 Å². The fraction of sp³-hybridized carbons (Fsp3) is 0.200. The van der Waals surface area contributed by atoms with Crippen LogP contribution in [0, 0.1) is 19.7 Å². The zero-order chi connectivity index (χ0) is 18.7. The number of carbonyl (C=O) groups excluding carboxylic acids is 1. The summed E-state index contributed by atoms with van der Waals surface area (Å²) in [6.07, 6.45) is 0. The van der Waals surface area contributed by atoms with E-state index in [1.165, 1.54) is 30.3 Å². The Bertz CT molecular complexity index is 1010. The molecular formula is C20H17FO5. The first-order chi connectivity index (χ1) is 12.4. The summed E-state index contributed by atoms with van der Waals surface area (Å²) in [5.74, 6) is -0.625. The second kappa shape index (κ2) is 7.39. The van der Waals surface area contributed by atoms with Crippen molar-refractivity contribution in [3.05, 3.63) is 75.4 Å². The molecule has 0 spiro atoms. The Balaban J connectivity index is 1.69. The summed E-state index contributed by atoms with van der Waals surface area (Å²) in [6.45, 7) is 3.49. The van der Waals surface area contributed by atoms with Crippen molar-refractivity contribution >= 4 is 16.9 Å². The molecule has 26 heavy (non-hydrogen) atoms. The van der Waals surface area contributed by atoms with Crippen LogP contribution < -0.4 is 10.4 Å². The Morgan fingerprint density at radius 3 is 2.50 bits per heavy atom. The lowest BCUT2D eigenvalue weighted by atomic mass is 10.0. The molecule has 0 bridgehead atoms. The van der Waals surface area contributed by atoms with Crippen molar-refractivity contribution in [2.24, 2.45) is 0 Å². The lowest BCUT2D eigenvalue weighted by molar-refractivity contribution is -0.147. The maximum Gasteiger partial charge on any atom is 0.344 e. The van der Waals surface area contributed by atoms with E-state index in [0.717, 1.165) is 16.5 Å². The molecular weight excluding hydrogens is 339 g/mol. The van der Waals surface area contributed by atoms with Gasteiger partial charge in [0, 0.05) is 17.0 Å². The topological polar surface area (TPSA) is 65.7 Å². The average Bonchev–Trinajstić information content (AvgIpc) is 2.60. The molecule has 1 aromatic heterocycles. The monoisotopic (exact) mass is 356 g/mol. The molecule has 1 heterocycles. The minimum atomic E-state index is -0.598. The number of fused-ring (bicyclic) bond motifs is 1. The highest BCUT2D eigenvalue weighted by Crippen LogP contribution is 2.22. The largest absolute Gasteiger partial charge is 0.482 e. The first-order valence-electron chi connectivity index (χ1n) is 8.00. The highest BCUT2D eigenvalue weighted by molar-refractivity contribution is 5.82. The van der Waals surface area contributed by atoms with Gasteiger partial charge in [-0.2, -0.15) is 0 Å². The van der Waals surface area contributed by atoms with Crippen LogP contribution in [-0.4, -0.2) is 12.6 Å². The van der Waals surface area contributed by atoms with E-state index >= 15 is 0 Å². The van der Waals surface area contributed by atoms with Gasteiger partial charge in [-0.3, -0.25) is 0 Å². The zero-order valence-corrected chi connectivity index (χ0v) is 14.4. The molecule has 6 heteroatoms. The van der Waals surface area contributed by atoms with E-state index < -0.39 is 11.6 Å². The number of esters is 1. The molecule has 0 amide bonds. The average molecular weight is 356 g/mol. The van der Waals surface area contributed by atoms with E-state index in [4.69, 9.17) is 13.9 Å². The van der Waals surface area contributed by atoms with E-state index in [1.54, 1.807) is 6.07 Å². The van der Waals surface area contributed by atoms with E-state index in [9.17, 15) is 14.0 Å². The lowest BCUT2D eigenvalue weighted by Crippen LogP contribution is -2.15. The van der Waals surface area contributed by atoms with E-state index in [1.807, 2.05) is 19.9 Å². The molecule has 2 aromatic carbocycles. The maximum atomic E-state index is 12.8. The van der Waals surface area contributed by atoms with Crippen molar-refractivity contribution in [1.29, 1.82) is 0 Å². The maximum absolute atomic E-state index is 12.8. The number of halogens is 1. The van der Waals surface area contributed by atoms with Gasteiger partial charge in [0.05, 0.1) is 0 Å². The minimum absolute atomic E-state index is 0.0732. The minimum Gasteiger partial charge on any atom is -0.482 e. The smallest absolute Gasteiger partial charge is 0.344 e.